The molecule has 6 N–H and O–H groups in total. The summed E-state index contributed by atoms with van der Waals surface area (Å²) in [6, 6.07) is 22.2. The van der Waals surface area contributed by atoms with Gasteiger partial charge in [-0.15, -0.1) is 0 Å². The van der Waals surface area contributed by atoms with Gasteiger partial charge in [-0.2, -0.15) is 0 Å². The first kappa shape index (κ1) is 35.2. The average molecular weight is 639 g/mol. The SMILES string of the molecule is CC(C)CCc1ccccc1S(=O)(=O)NC[C@@H](O)[C@H](Cc1ccccc1)NC(=O)[C@H](CC(N)=O)NC(=O)OCc1ccccc1. The fourth-order valence-corrected chi connectivity index (χ4v) is 5.90. The molecule has 3 aromatic carbocycles. The molecule has 0 aliphatic heterocycles. The van der Waals surface area contributed by atoms with E-state index in [2.05, 4.69) is 29.2 Å². The Balaban J connectivity index is 1.73. The number of benzene rings is 3. The molecule has 242 valence electrons. The molecule has 0 bridgehead atoms. The molecule has 0 heterocycles. The number of ether oxygens (including phenoxy) is 1. The van der Waals surface area contributed by atoms with Crippen LogP contribution >= 0.6 is 0 Å². The predicted molar refractivity (Wildman–Crippen MR) is 170 cm³/mol. The molecule has 12 heteroatoms. The topological polar surface area (TPSA) is 177 Å². The number of alkyl carbamates (subject to hydrolysis) is 1. The van der Waals surface area contributed by atoms with Gasteiger partial charge >= 0.3 is 6.09 Å². The highest BCUT2D eigenvalue weighted by atomic mass is 32.2. The van der Waals surface area contributed by atoms with Crippen molar-refractivity contribution < 1.29 is 32.6 Å². The summed E-state index contributed by atoms with van der Waals surface area (Å²) in [7, 11) is -4.00. The predicted octanol–water partition coefficient (Wildman–Crippen LogP) is 2.81. The van der Waals surface area contributed by atoms with Crippen molar-refractivity contribution in [1.82, 2.24) is 15.4 Å². The molecule has 0 aliphatic rings. The van der Waals surface area contributed by atoms with Gasteiger partial charge in [0.1, 0.15) is 12.6 Å². The molecule has 45 heavy (non-hydrogen) atoms. The number of aliphatic hydroxyl groups excluding tert-OH is 1. The molecule has 0 aromatic heterocycles. The first-order chi connectivity index (χ1) is 21.4. The first-order valence-corrected chi connectivity index (χ1v) is 16.3. The summed E-state index contributed by atoms with van der Waals surface area (Å²) in [4.78, 5) is 37.7. The van der Waals surface area contributed by atoms with Crippen molar-refractivity contribution >= 4 is 27.9 Å². The second-order valence-electron chi connectivity index (χ2n) is 11.2. The quantitative estimate of drug-likeness (QED) is 0.151. The van der Waals surface area contributed by atoms with Gasteiger partial charge in [0.05, 0.1) is 23.5 Å². The molecule has 0 aliphatic carbocycles. The number of sulfonamides is 1. The highest BCUT2D eigenvalue weighted by Gasteiger charge is 2.30. The number of nitrogens with one attached hydrogen (secondary N) is 3. The lowest BCUT2D eigenvalue weighted by atomic mass is 10.0. The number of hydrogen-bond acceptors (Lipinski definition) is 7. The molecule has 3 aromatic rings. The van der Waals surface area contributed by atoms with Gasteiger partial charge in [-0.05, 0) is 47.9 Å². The second-order valence-corrected chi connectivity index (χ2v) is 12.9. The van der Waals surface area contributed by atoms with Gasteiger partial charge in [-0.3, -0.25) is 9.59 Å². The summed E-state index contributed by atoms with van der Waals surface area (Å²) in [5, 5.41) is 16.2. The van der Waals surface area contributed by atoms with E-state index in [-0.39, 0.29) is 17.9 Å². The van der Waals surface area contributed by atoms with Gasteiger partial charge in [0.2, 0.25) is 21.8 Å². The standard InChI is InChI=1S/C33H42N4O7S/c1-23(2)17-18-26-15-9-10-16-30(26)45(42,43)35-21-29(38)27(19-24-11-5-3-6-12-24)36-32(40)28(20-31(34)39)37-33(41)44-22-25-13-7-4-8-14-25/h3-16,23,27-29,35,38H,17-22H2,1-2H3,(H2,34,39)(H,36,40)(H,37,41)/t27-,28-,29+/m0/s1. The van der Waals surface area contributed by atoms with Crippen molar-refractivity contribution in [1.29, 1.82) is 0 Å². The highest BCUT2D eigenvalue weighted by Crippen LogP contribution is 2.19. The zero-order valence-corrected chi connectivity index (χ0v) is 26.3. The molecular formula is C33H42N4O7S. The van der Waals surface area contributed by atoms with Crippen molar-refractivity contribution in [2.45, 2.75) is 69.2 Å². The van der Waals surface area contributed by atoms with Gasteiger partial charge in [-0.25, -0.2) is 17.9 Å². The Bertz CT molecular complexity index is 1500. The van der Waals surface area contributed by atoms with Crippen LogP contribution in [0.3, 0.4) is 0 Å². The van der Waals surface area contributed by atoms with E-state index in [0.29, 0.717) is 17.9 Å². The van der Waals surface area contributed by atoms with E-state index in [1.165, 1.54) is 6.07 Å². The Labute approximate surface area is 264 Å². The summed E-state index contributed by atoms with van der Waals surface area (Å²) < 4.78 is 34.3. The van der Waals surface area contributed by atoms with Crippen LogP contribution in [0.1, 0.15) is 43.4 Å². The molecule has 0 spiro atoms. The zero-order valence-electron chi connectivity index (χ0n) is 25.5. The number of amides is 3. The summed E-state index contributed by atoms with van der Waals surface area (Å²) in [6.07, 6.45) is -1.34. The van der Waals surface area contributed by atoms with E-state index >= 15 is 0 Å². The maximum Gasteiger partial charge on any atom is 0.408 e. The molecule has 0 fully saturated rings. The number of aryl methyl sites for hydroxylation is 1. The number of primary amides is 1. The first-order valence-electron chi connectivity index (χ1n) is 14.8. The number of rotatable bonds is 17. The molecular weight excluding hydrogens is 596 g/mol. The second kappa shape index (κ2) is 17.3. The highest BCUT2D eigenvalue weighted by molar-refractivity contribution is 7.89. The van der Waals surface area contributed by atoms with Gasteiger partial charge in [-0.1, -0.05) is 92.7 Å². The van der Waals surface area contributed by atoms with Gasteiger partial charge < -0.3 is 26.2 Å². The minimum Gasteiger partial charge on any atom is -0.445 e. The lowest BCUT2D eigenvalue weighted by Gasteiger charge is -2.27. The zero-order chi connectivity index (χ0) is 32.8. The van der Waals surface area contributed by atoms with E-state index in [0.717, 1.165) is 17.5 Å². The third kappa shape index (κ3) is 12.0. The molecule has 0 radical (unpaired) electrons. The van der Waals surface area contributed by atoms with Crippen LogP contribution in [0.2, 0.25) is 0 Å². The van der Waals surface area contributed by atoms with Crippen LogP contribution in [-0.2, 0) is 43.8 Å². The van der Waals surface area contributed by atoms with Crippen LogP contribution in [0.4, 0.5) is 4.79 Å². The number of nitrogens with two attached hydrogens (primary N) is 1. The Morgan fingerprint density at radius 2 is 1.47 bits per heavy atom. The van der Waals surface area contributed by atoms with Crippen molar-refractivity contribution in [2.24, 2.45) is 11.7 Å². The van der Waals surface area contributed by atoms with Crippen molar-refractivity contribution in [3.63, 3.8) is 0 Å². The molecule has 3 rings (SSSR count). The molecule has 0 saturated carbocycles. The minimum absolute atomic E-state index is 0.0618. The van der Waals surface area contributed by atoms with Gasteiger partial charge in [0.25, 0.3) is 0 Å². The lowest BCUT2D eigenvalue weighted by molar-refractivity contribution is -0.128. The van der Waals surface area contributed by atoms with Crippen LogP contribution in [-0.4, -0.2) is 56.2 Å². The van der Waals surface area contributed by atoms with Crippen molar-refractivity contribution in [3.8, 4) is 0 Å². The molecule has 11 nitrogen and oxygen atoms in total. The molecule has 0 unspecified atom stereocenters. The number of aliphatic hydroxyl groups is 1. The van der Waals surface area contributed by atoms with Crippen molar-refractivity contribution in [3.05, 3.63) is 102 Å². The van der Waals surface area contributed by atoms with E-state index in [4.69, 9.17) is 10.5 Å². The van der Waals surface area contributed by atoms with Gasteiger partial charge in [0.15, 0.2) is 0 Å². The van der Waals surface area contributed by atoms with E-state index in [1.807, 2.05) is 12.1 Å². The van der Waals surface area contributed by atoms with Crippen LogP contribution in [0, 0.1) is 5.92 Å². The van der Waals surface area contributed by atoms with E-state index in [1.54, 1.807) is 66.7 Å². The van der Waals surface area contributed by atoms with Crippen LogP contribution < -0.4 is 21.1 Å². The van der Waals surface area contributed by atoms with Crippen molar-refractivity contribution in [2.75, 3.05) is 6.54 Å². The average Bonchev–Trinajstić information content (AvgIpc) is 3.02. The Kier molecular flexibility index (Phi) is 13.5. The van der Waals surface area contributed by atoms with Gasteiger partial charge in [0, 0.05) is 6.54 Å². The summed E-state index contributed by atoms with van der Waals surface area (Å²) in [5.74, 6) is -1.26. The summed E-state index contributed by atoms with van der Waals surface area (Å²) in [5.41, 5.74) is 7.50. The van der Waals surface area contributed by atoms with Crippen LogP contribution in [0.5, 0.6) is 0 Å². The smallest absolute Gasteiger partial charge is 0.408 e. The number of carbonyl (C=O) groups is 3. The Morgan fingerprint density at radius 1 is 0.867 bits per heavy atom. The molecule has 0 saturated heterocycles. The fourth-order valence-electron chi connectivity index (χ4n) is 4.58. The monoisotopic (exact) mass is 638 g/mol. The number of carbonyl (C=O) groups excluding carboxylic acids is 3. The summed E-state index contributed by atoms with van der Waals surface area (Å²) in [6.45, 7) is 3.65. The maximum absolute atomic E-state index is 13.3. The Hall–Kier alpha value is -4.26. The fraction of sp³-hybridized carbons (Fsp3) is 0.364. The largest absolute Gasteiger partial charge is 0.445 e. The third-order valence-electron chi connectivity index (χ3n) is 7.05. The summed E-state index contributed by atoms with van der Waals surface area (Å²) >= 11 is 0. The van der Waals surface area contributed by atoms with E-state index in [9.17, 15) is 27.9 Å². The minimum atomic E-state index is -4.00. The van der Waals surface area contributed by atoms with E-state index < -0.39 is 59.1 Å². The third-order valence-corrected chi connectivity index (χ3v) is 8.58. The maximum atomic E-state index is 13.3. The Morgan fingerprint density at radius 3 is 2.09 bits per heavy atom. The lowest BCUT2D eigenvalue weighted by Crippen LogP contribution is -2.55. The molecule has 3 atom stereocenters. The van der Waals surface area contributed by atoms with Crippen LogP contribution in [0.25, 0.3) is 0 Å². The normalized spacial score (nSPS) is 13.4. The van der Waals surface area contributed by atoms with Crippen LogP contribution in [0.15, 0.2) is 89.8 Å². The molecule has 3 amide bonds. The number of hydrogen-bond donors (Lipinski definition) is 5.